The first-order chi connectivity index (χ1) is 16.4. The van der Waals surface area contributed by atoms with Gasteiger partial charge >= 0.3 is 0 Å². The lowest BCUT2D eigenvalue weighted by Crippen LogP contribution is -2.44. The molecule has 1 fully saturated rings. The molecule has 0 spiro atoms. The maximum atomic E-state index is 13.5. The average Bonchev–Trinajstić information content (AvgIpc) is 2.84. The molecule has 1 saturated carbocycles. The second-order valence-corrected chi connectivity index (χ2v) is 9.35. The van der Waals surface area contributed by atoms with Gasteiger partial charge in [-0.05, 0) is 62.1 Å². The summed E-state index contributed by atoms with van der Waals surface area (Å²) in [6.07, 6.45) is 2.70. The van der Waals surface area contributed by atoms with E-state index in [1.54, 1.807) is 24.3 Å². The van der Waals surface area contributed by atoms with Crippen LogP contribution in [0.1, 0.15) is 36.2 Å². The molecule has 0 saturated heterocycles. The highest BCUT2D eigenvalue weighted by Crippen LogP contribution is 2.22. The number of benzene rings is 2. The Hall–Kier alpha value is -2.45. The number of rotatable bonds is 8. The number of carbonyl (C=O) groups excluding carboxylic acids is 1. The zero-order valence-electron chi connectivity index (χ0n) is 18.4. The van der Waals surface area contributed by atoms with Gasteiger partial charge in [-0.3, -0.25) is 4.79 Å². The van der Waals surface area contributed by atoms with Crippen LogP contribution in [-0.4, -0.2) is 47.3 Å². The number of halogens is 3. The number of nitrogens with zero attached hydrogens (tertiary/aromatic N) is 1. The fourth-order valence-corrected chi connectivity index (χ4v) is 4.34. The third-order valence-corrected chi connectivity index (χ3v) is 6.46. The molecule has 4 rings (SSSR count). The fraction of sp³-hybridized carbons (Fsp3) is 0.360. The molecule has 6 nitrogen and oxygen atoms in total. The van der Waals surface area contributed by atoms with Crippen molar-refractivity contribution in [2.24, 2.45) is 0 Å². The minimum Gasteiger partial charge on any atom is -0.491 e. The first-order valence-corrected chi connectivity index (χ1v) is 12.0. The minimum atomic E-state index is -0.731. The van der Waals surface area contributed by atoms with Gasteiger partial charge in [0.05, 0.1) is 10.5 Å². The van der Waals surface area contributed by atoms with Crippen molar-refractivity contribution >= 4 is 40.0 Å². The van der Waals surface area contributed by atoms with Gasteiger partial charge in [-0.1, -0.05) is 29.3 Å². The SMILES string of the molecule is O=C(NC1CCC(NCC(O)COc2ccc(Cl)c(F)c2)CC1)c1ccc2cc(Cl)ccc2n1. The molecule has 1 aliphatic carbocycles. The lowest BCUT2D eigenvalue weighted by molar-refractivity contribution is 0.0910. The third kappa shape index (κ3) is 6.57. The molecule has 0 radical (unpaired) electrons. The van der Waals surface area contributed by atoms with Crippen LogP contribution in [0, 0.1) is 5.82 Å². The molecule has 34 heavy (non-hydrogen) atoms. The first-order valence-electron chi connectivity index (χ1n) is 11.2. The van der Waals surface area contributed by atoms with Crippen LogP contribution in [0.3, 0.4) is 0 Å². The molecule has 2 aromatic carbocycles. The Labute approximate surface area is 207 Å². The van der Waals surface area contributed by atoms with Crippen molar-refractivity contribution in [3.05, 3.63) is 70.1 Å². The van der Waals surface area contributed by atoms with E-state index in [1.165, 1.54) is 12.1 Å². The molecule has 1 amide bonds. The van der Waals surface area contributed by atoms with Crippen LogP contribution < -0.4 is 15.4 Å². The van der Waals surface area contributed by atoms with Gasteiger partial charge in [-0.2, -0.15) is 0 Å². The number of aliphatic hydroxyl groups is 1. The van der Waals surface area contributed by atoms with Crippen LogP contribution in [0.5, 0.6) is 5.75 Å². The summed E-state index contributed by atoms with van der Waals surface area (Å²) in [7, 11) is 0. The second-order valence-electron chi connectivity index (χ2n) is 8.50. The largest absolute Gasteiger partial charge is 0.491 e. The van der Waals surface area contributed by atoms with Crippen LogP contribution in [0.4, 0.5) is 4.39 Å². The smallest absolute Gasteiger partial charge is 0.270 e. The average molecular weight is 506 g/mol. The molecule has 9 heteroatoms. The highest BCUT2D eigenvalue weighted by Gasteiger charge is 2.23. The van der Waals surface area contributed by atoms with Crippen LogP contribution >= 0.6 is 23.2 Å². The summed E-state index contributed by atoms with van der Waals surface area (Å²) in [5.74, 6) is -0.418. The highest BCUT2D eigenvalue weighted by molar-refractivity contribution is 6.31. The summed E-state index contributed by atoms with van der Waals surface area (Å²) >= 11 is 11.7. The Morgan fingerprint density at radius 3 is 2.62 bits per heavy atom. The summed E-state index contributed by atoms with van der Waals surface area (Å²) in [6, 6.07) is 13.4. The standard InChI is InChI=1S/C25H26Cl2FN3O3/c26-16-2-10-23-15(11-16)1-9-24(31-23)25(33)30-18-5-3-17(4-6-18)29-13-19(32)14-34-20-7-8-21(27)22(28)12-20/h1-2,7-12,17-19,29,32H,3-6,13-14H2,(H,30,33). The number of fused-ring (bicyclic) bond motifs is 1. The van der Waals surface area contributed by atoms with Crippen molar-refractivity contribution < 1.29 is 19.0 Å². The summed E-state index contributed by atoms with van der Waals surface area (Å²) in [4.78, 5) is 17.1. The zero-order valence-corrected chi connectivity index (χ0v) is 20.0. The summed E-state index contributed by atoms with van der Waals surface area (Å²) in [5.41, 5.74) is 1.12. The predicted octanol–water partition coefficient (Wildman–Crippen LogP) is 4.75. The van der Waals surface area contributed by atoms with Gasteiger partial charge in [0.2, 0.25) is 0 Å². The Bertz CT molecular complexity index is 1160. The topological polar surface area (TPSA) is 83.5 Å². The van der Waals surface area contributed by atoms with E-state index >= 15 is 0 Å². The molecule has 180 valence electrons. The van der Waals surface area contributed by atoms with E-state index in [-0.39, 0.29) is 29.6 Å². The van der Waals surface area contributed by atoms with E-state index in [1.807, 2.05) is 12.1 Å². The van der Waals surface area contributed by atoms with Gasteiger partial charge in [0, 0.05) is 35.1 Å². The molecule has 1 aliphatic rings. The maximum Gasteiger partial charge on any atom is 0.270 e. The van der Waals surface area contributed by atoms with Gasteiger partial charge in [0.1, 0.15) is 30.0 Å². The molecule has 1 aromatic heterocycles. The van der Waals surface area contributed by atoms with Crippen LogP contribution in [-0.2, 0) is 0 Å². The van der Waals surface area contributed by atoms with E-state index in [2.05, 4.69) is 15.6 Å². The molecule has 3 aromatic rings. The number of pyridine rings is 1. The van der Waals surface area contributed by atoms with Gasteiger partial charge in [0.25, 0.3) is 5.91 Å². The zero-order chi connectivity index (χ0) is 24.1. The van der Waals surface area contributed by atoms with Crippen molar-refractivity contribution in [2.75, 3.05) is 13.2 Å². The maximum absolute atomic E-state index is 13.5. The molecular formula is C25H26Cl2FN3O3. The molecule has 1 heterocycles. The molecular weight excluding hydrogens is 480 g/mol. The lowest BCUT2D eigenvalue weighted by atomic mass is 9.91. The Morgan fingerprint density at radius 1 is 1.09 bits per heavy atom. The molecule has 3 N–H and O–H groups in total. The van der Waals surface area contributed by atoms with Crippen molar-refractivity contribution in [1.82, 2.24) is 15.6 Å². The quantitative estimate of drug-likeness (QED) is 0.411. The lowest BCUT2D eigenvalue weighted by Gasteiger charge is -2.30. The number of amides is 1. The van der Waals surface area contributed by atoms with Crippen LogP contribution in [0.2, 0.25) is 10.0 Å². The van der Waals surface area contributed by atoms with Crippen LogP contribution in [0.15, 0.2) is 48.5 Å². The monoisotopic (exact) mass is 505 g/mol. The number of aromatic nitrogens is 1. The Balaban J connectivity index is 1.18. The number of aliphatic hydroxyl groups excluding tert-OH is 1. The van der Waals surface area contributed by atoms with Crippen molar-refractivity contribution in [3.8, 4) is 5.75 Å². The van der Waals surface area contributed by atoms with E-state index in [0.29, 0.717) is 23.0 Å². The number of nitrogens with one attached hydrogen (secondary N) is 2. The summed E-state index contributed by atoms with van der Waals surface area (Å²) in [6.45, 7) is 0.410. The summed E-state index contributed by atoms with van der Waals surface area (Å²) < 4.78 is 18.9. The first kappa shape index (κ1) is 24.7. The van der Waals surface area contributed by atoms with Gasteiger partial charge in [-0.15, -0.1) is 0 Å². The van der Waals surface area contributed by atoms with E-state index in [0.717, 1.165) is 36.6 Å². The third-order valence-electron chi connectivity index (χ3n) is 5.92. The van der Waals surface area contributed by atoms with Crippen LogP contribution in [0.25, 0.3) is 10.9 Å². The highest BCUT2D eigenvalue weighted by atomic mass is 35.5. The van der Waals surface area contributed by atoms with Crippen molar-refractivity contribution in [2.45, 2.75) is 43.9 Å². The second kappa shape index (κ2) is 11.3. The van der Waals surface area contributed by atoms with Gasteiger partial charge in [0.15, 0.2) is 0 Å². The molecule has 0 aliphatic heterocycles. The van der Waals surface area contributed by atoms with Gasteiger partial charge < -0.3 is 20.5 Å². The van der Waals surface area contributed by atoms with E-state index in [9.17, 15) is 14.3 Å². The number of hydrogen-bond donors (Lipinski definition) is 3. The fourth-order valence-electron chi connectivity index (χ4n) is 4.04. The molecule has 1 unspecified atom stereocenters. The Morgan fingerprint density at radius 2 is 1.85 bits per heavy atom. The summed E-state index contributed by atoms with van der Waals surface area (Å²) in [5, 5.41) is 18.2. The number of ether oxygens (including phenoxy) is 1. The van der Waals surface area contributed by atoms with Crippen molar-refractivity contribution in [1.29, 1.82) is 0 Å². The normalized spacial score (nSPS) is 19.1. The molecule has 0 bridgehead atoms. The predicted molar refractivity (Wildman–Crippen MR) is 131 cm³/mol. The van der Waals surface area contributed by atoms with E-state index < -0.39 is 11.9 Å². The van der Waals surface area contributed by atoms with Crippen molar-refractivity contribution in [3.63, 3.8) is 0 Å². The number of hydrogen-bond acceptors (Lipinski definition) is 5. The molecule has 1 atom stereocenters. The minimum absolute atomic E-state index is 0.0280. The Kier molecular flexibility index (Phi) is 8.21. The van der Waals surface area contributed by atoms with E-state index in [4.69, 9.17) is 27.9 Å². The van der Waals surface area contributed by atoms with Gasteiger partial charge in [-0.25, -0.2) is 9.37 Å². The number of carbonyl (C=O) groups is 1.